The maximum Gasteiger partial charge on any atom is 0.495 e. The highest BCUT2D eigenvalue weighted by Crippen LogP contribution is 2.38. The van der Waals surface area contributed by atoms with Crippen molar-refractivity contribution in [2.24, 2.45) is 11.8 Å². The van der Waals surface area contributed by atoms with Gasteiger partial charge < -0.3 is 59.1 Å². The van der Waals surface area contributed by atoms with Crippen molar-refractivity contribution in [3.8, 4) is 11.1 Å². The molecule has 3 aromatic heterocycles. The monoisotopic (exact) mass is 1320 g/mol. The number of nitrogens with zero attached hydrogens (tertiary/aromatic N) is 7. The van der Waals surface area contributed by atoms with E-state index >= 15 is 0 Å². The van der Waals surface area contributed by atoms with Crippen LogP contribution in [0.25, 0.3) is 11.1 Å². The highest BCUT2D eigenvalue weighted by Gasteiger charge is 2.52. The van der Waals surface area contributed by atoms with E-state index in [-0.39, 0.29) is 36.9 Å². The zero-order chi connectivity index (χ0) is 65.5. The number of pyridine rings is 3. The minimum Gasteiger partial charge on any atom is -0.399 e. The van der Waals surface area contributed by atoms with Gasteiger partial charge in [0.1, 0.15) is 28.4 Å². The van der Waals surface area contributed by atoms with Crippen LogP contribution < -0.4 is 31.2 Å². The summed E-state index contributed by atoms with van der Waals surface area (Å²) in [5.74, 6) is 0.697. The number of carbonyl (C=O) groups is 2. The standard InChI is InChI=1S/C24H31FN4O2.C20H27BF4N2O3.C10H13ClN2O.C6H5Cl2N.C4H9NO/c1-4-18-5-6-29(15-18)24(30)27-22-14-20(16(2)11-21(22)25)19-12-17(3)26-23(13-19)28-7-9-31-10-8-28;1-12-8-15(22)16(9-14(12)21-29-18(2,3)19(4,5)30-21)26-17(28)27-7-6-13(11-27)10-20(23,24)25;1-8-6-9(11)7-10(12-8)13-2-4-14-5-3-13;1-4-2-5(7)3-6(8)9-4;1-3-6-4-2-5-1/h11-14,18H,4-10,15H2,1-3H3,(H,27,30);8-9,13H,6-7,10-11H2,1-5H3,(H,26,28);6-7H,2-5H2,1H3;2-3H,1H3;5H,1-4H2/t18-;13-;;;/m10.../s1. The number of hydrogen-bond acceptors (Lipinski definition) is 13. The zero-order valence-electron chi connectivity index (χ0n) is 53.2. The first kappa shape index (κ1) is 71.8. The van der Waals surface area contributed by atoms with E-state index in [0.29, 0.717) is 40.3 Å². The van der Waals surface area contributed by atoms with Crippen LogP contribution in [0.1, 0.15) is 88.5 Å². The molecule has 2 aromatic carbocycles. The number of aromatic nitrogens is 3. The van der Waals surface area contributed by atoms with Crippen LogP contribution >= 0.6 is 34.8 Å². The van der Waals surface area contributed by atoms with Gasteiger partial charge in [-0.1, -0.05) is 48.1 Å². The summed E-state index contributed by atoms with van der Waals surface area (Å²) in [6.07, 6.45) is -2.87. The minimum absolute atomic E-state index is 0.0110. The Balaban J connectivity index is 0.000000179. The summed E-state index contributed by atoms with van der Waals surface area (Å²) in [5.41, 5.74) is 5.57. The molecule has 6 aliphatic rings. The number of rotatable bonds is 8. The predicted octanol–water partition coefficient (Wildman–Crippen LogP) is 13.0. The summed E-state index contributed by atoms with van der Waals surface area (Å²) in [4.78, 5) is 45.7. The van der Waals surface area contributed by atoms with Gasteiger partial charge in [0.05, 0.1) is 62.2 Å². The Labute approximate surface area is 541 Å². The van der Waals surface area contributed by atoms with E-state index in [1.54, 1.807) is 30.0 Å². The van der Waals surface area contributed by atoms with Gasteiger partial charge in [0, 0.05) is 99.0 Å². The summed E-state index contributed by atoms with van der Waals surface area (Å²) in [6.45, 7) is 30.9. The number of carbonyl (C=O) groups excluding carboxylic acids is 2. The zero-order valence-corrected chi connectivity index (χ0v) is 55.4. The average molecular weight is 1320 g/mol. The fourth-order valence-electron chi connectivity index (χ4n) is 10.8. The van der Waals surface area contributed by atoms with E-state index in [1.807, 2.05) is 79.7 Å². The Morgan fingerprint density at radius 3 is 1.54 bits per heavy atom. The molecule has 11 rings (SSSR count). The van der Waals surface area contributed by atoms with Crippen LogP contribution in [0.15, 0.2) is 60.7 Å². The third kappa shape index (κ3) is 21.2. The number of morpholine rings is 3. The molecular formula is C64H85BCl3F5N10O7. The number of halogens is 8. The smallest absolute Gasteiger partial charge is 0.399 e. The lowest BCUT2D eigenvalue weighted by Gasteiger charge is -2.32. The Morgan fingerprint density at radius 1 is 0.611 bits per heavy atom. The number of ether oxygens (including phenoxy) is 3. The lowest BCUT2D eigenvalue weighted by atomic mass is 9.76. The maximum absolute atomic E-state index is 14.7. The van der Waals surface area contributed by atoms with Crippen LogP contribution in [0.3, 0.4) is 0 Å². The first-order valence-electron chi connectivity index (χ1n) is 30.6. The van der Waals surface area contributed by atoms with Gasteiger partial charge in [-0.2, -0.15) is 13.2 Å². The Kier molecular flexibility index (Phi) is 26.2. The van der Waals surface area contributed by atoms with Gasteiger partial charge in [-0.05, 0) is 175 Å². The van der Waals surface area contributed by atoms with Crippen LogP contribution in [0.4, 0.5) is 54.6 Å². The predicted molar refractivity (Wildman–Crippen MR) is 347 cm³/mol. The first-order valence-corrected chi connectivity index (χ1v) is 31.7. The number of nitrogens with one attached hydrogen (secondary N) is 3. The Morgan fingerprint density at radius 2 is 1.08 bits per heavy atom. The van der Waals surface area contributed by atoms with Crippen molar-refractivity contribution >= 4 is 82.5 Å². The molecule has 26 heteroatoms. The van der Waals surface area contributed by atoms with E-state index < -0.39 is 54.5 Å². The van der Waals surface area contributed by atoms with E-state index in [0.717, 1.165) is 142 Å². The third-order valence-corrected chi connectivity index (χ3v) is 17.1. The molecule has 2 atom stereocenters. The van der Waals surface area contributed by atoms with Crippen LogP contribution in [0.5, 0.6) is 0 Å². The number of alkyl halides is 3. The molecule has 9 heterocycles. The molecule has 492 valence electrons. The lowest BCUT2D eigenvalue weighted by Crippen LogP contribution is -2.41. The van der Waals surface area contributed by atoms with Crippen LogP contribution in [-0.4, -0.2) is 166 Å². The quantitative estimate of drug-likeness (QED) is 0.0763. The summed E-state index contributed by atoms with van der Waals surface area (Å²) >= 11 is 17.2. The summed E-state index contributed by atoms with van der Waals surface area (Å²) < 4.78 is 94.7. The number of amides is 4. The molecule has 6 saturated heterocycles. The number of likely N-dealkylation sites (tertiary alicyclic amines) is 2. The molecule has 3 N–H and O–H groups in total. The van der Waals surface area contributed by atoms with Gasteiger partial charge in [0.25, 0.3) is 0 Å². The number of aryl methyl sites for hydroxylation is 5. The van der Waals surface area contributed by atoms with Crippen molar-refractivity contribution in [3.05, 3.63) is 116 Å². The number of benzene rings is 2. The van der Waals surface area contributed by atoms with Crippen LogP contribution in [0.2, 0.25) is 15.2 Å². The van der Waals surface area contributed by atoms with E-state index in [9.17, 15) is 31.5 Å². The van der Waals surface area contributed by atoms with Crippen molar-refractivity contribution < 1.29 is 55.1 Å². The normalized spacial score (nSPS) is 19.5. The van der Waals surface area contributed by atoms with Crippen molar-refractivity contribution in [2.75, 3.05) is 126 Å². The highest BCUT2D eigenvalue weighted by atomic mass is 35.5. The molecule has 90 heavy (non-hydrogen) atoms. The lowest BCUT2D eigenvalue weighted by molar-refractivity contribution is -0.143. The van der Waals surface area contributed by atoms with Crippen LogP contribution in [-0.2, 0) is 23.5 Å². The molecule has 0 saturated carbocycles. The topological polar surface area (TPSA) is 168 Å². The van der Waals surface area contributed by atoms with Gasteiger partial charge >= 0.3 is 25.4 Å². The number of urea groups is 2. The van der Waals surface area contributed by atoms with E-state index in [4.69, 9.17) is 58.3 Å². The minimum atomic E-state index is -4.27. The maximum atomic E-state index is 14.7. The molecule has 6 aliphatic heterocycles. The number of hydrogen-bond donors (Lipinski definition) is 3. The molecule has 0 aliphatic carbocycles. The van der Waals surface area contributed by atoms with Crippen molar-refractivity contribution in [3.63, 3.8) is 0 Å². The second-order valence-corrected chi connectivity index (χ2v) is 25.4. The summed E-state index contributed by atoms with van der Waals surface area (Å²) in [6, 6.07) is 16.3. The number of anilines is 4. The molecule has 0 radical (unpaired) electrons. The highest BCUT2D eigenvalue weighted by molar-refractivity contribution is 6.62. The van der Waals surface area contributed by atoms with Crippen molar-refractivity contribution in [1.82, 2.24) is 30.1 Å². The van der Waals surface area contributed by atoms with E-state index in [2.05, 4.69) is 47.6 Å². The fraction of sp³-hybridized carbons (Fsp3) is 0.547. The van der Waals surface area contributed by atoms with Gasteiger partial charge in [-0.15, -0.1) is 0 Å². The second-order valence-electron chi connectivity index (χ2n) is 24.2. The molecule has 0 bridgehead atoms. The largest absolute Gasteiger partial charge is 0.495 e. The molecule has 17 nitrogen and oxygen atoms in total. The molecule has 0 unspecified atom stereocenters. The molecule has 6 fully saturated rings. The third-order valence-electron chi connectivity index (χ3n) is 16.5. The Hall–Kier alpha value is -5.63. The van der Waals surface area contributed by atoms with Crippen molar-refractivity contribution in [1.29, 1.82) is 0 Å². The van der Waals surface area contributed by atoms with Crippen LogP contribution in [0, 0.1) is 58.1 Å². The summed E-state index contributed by atoms with van der Waals surface area (Å²) in [5, 5.41) is 10.3. The van der Waals surface area contributed by atoms with Gasteiger partial charge in [0.15, 0.2) is 0 Å². The second kappa shape index (κ2) is 32.8. The van der Waals surface area contributed by atoms with Gasteiger partial charge in [-0.25, -0.2) is 33.3 Å². The fourth-order valence-corrected chi connectivity index (χ4v) is 11.6. The van der Waals surface area contributed by atoms with Crippen molar-refractivity contribution in [2.45, 2.75) is 112 Å². The van der Waals surface area contributed by atoms with Gasteiger partial charge in [-0.3, -0.25) is 0 Å². The average Bonchev–Trinajstić information content (AvgIpc) is 1.59. The first-order chi connectivity index (χ1) is 42.6. The molecule has 0 spiro atoms. The van der Waals surface area contributed by atoms with Gasteiger partial charge in [0.2, 0.25) is 0 Å². The molecular weight excluding hydrogens is 1230 g/mol. The Bertz CT molecular complexity index is 3120. The molecule has 5 aromatic rings. The molecule has 4 amide bonds. The summed E-state index contributed by atoms with van der Waals surface area (Å²) in [7, 11) is -0.728. The van der Waals surface area contributed by atoms with E-state index in [1.165, 1.54) is 23.1 Å². The SMILES string of the molecule is C1COCCN1.CC[C@@H]1CCN(C(=O)Nc2cc(-c3cc(C)nc(N4CCOCC4)c3)c(C)cc2F)C1.Cc1cc(Cl)cc(Cl)n1.Cc1cc(Cl)cc(N2CCOCC2)n1.Cc1cc(F)c(NC(=O)N2CC[C@@H](CC(F)(F)F)C2)cc1B1OC(C)(C)C(C)(C)O1.